The van der Waals surface area contributed by atoms with Crippen molar-refractivity contribution in [1.29, 1.82) is 0 Å². The predicted octanol–water partition coefficient (Wildman–Crippen LogP) is 2.98. The molecule has 108 valence electrons. The number of fused-ring (bicyclic) bond motifs is 1. The Hall–Kier alpha value is -2.56. The number of amides is 2. The fourth-order valence-corrected chi connectivity index (χ4v) is 2.46. The maximum Gasteiger partial charge on any atom is 0.319 e. The Labute approximate surface area is 122 Å². The SMILES string of the molecule is O=C(Nc1cccc(F)c1)NC1CNc2ccccc2C1. The lowest BCUT2D eigenvalue weighted by Crippen LogP contribution is -2.45. The van der Waals surface area contributed by atoms with E-state index < -0.39 is 0 Å². The molecular weight excluding hydrogens is 269 g/mol. The van der Waals surface area contributed by atoms with E-state index in [0.717, 1.165) is 12.1 Å². The smallest absolute Gasteiger partial charge is 0.319 e. The van der Waals surface area contributed by atoms with E-state index >= 15 is 0 Å². The second kappa shape index (κ2) is 5.83. The number of carbonyl (C=O) groups is 1. The molecule has 1 aliphatic rings. The minimum absolute atomic E-state index is 0.00783. The monoisotopic (exact) mass is 285 g/mol. The van der Waals surface area contributed by atoms with Crippen LogP contribution < -0.4 is 16.0 Å². The first-order valence-electron chi connectivity index (χ1n) is 6.85. The van der Waals surface area contributed by atoms with E-state index in [-0.39, 0.29) is 17.9 Å². The minimum Gasteiger partial charge on any atom is -0.383 e. The largest absolute Gasteiger partial charge is 0.383 e. The molecule has 2 aromatic rings. The molecule has 3 N–H and O–H groups in total. The van der Waals surface area contributed by atoms with Crippen molar-refractivity contribution in [3.63, 3.8) is 0 Å². The number of para-hydroxylation sites is 1. The van der Waals surface area contributed by atoms with Crippen LogP contribution in [0.5, 0.6) is 0 Å². The Bertz CT molecular complexity index is 659. The van der Waals surface area contributed by atoms with Crippen LogP contribution in [0.1, 0.15) is 5.56 Å². The van der Waals surface area contributed by atoms with Crippen molar-refractivity contribution in [2.45, 2.75) is 12.5 Å². The number of hydrogen-bond donors (Lipinski definition) is 3. The van der Waals surface area contributed by atoms with Gasteiger partial charge in [-0.05, 0) is 36.2 Å². The minimum atomic E-state index is -0.374. The van der Waals surface area contributed by atoms with Crippen LogP contribution in [-0.4, -0.2) is 18.6 Å². The predicted molar refractivity (Wildman–Crippen MR) is 81.0 cm³/mol. The summed E-state index contributed by atoms with van der Waals surface area (Å²) in [5.41, 5.74) is 2.73. The second-order valence-electron chi connectivity index (χ2n) is 5.05. The highest BCUT2D eigenvalue weighted by molar-refractivity contribution is 5.89. The summed E-state index contributed by atoms with van der Waals surface area (Å²) >= 11 is 0. The summed E-state index contributed by atoms with van der Waals surface area (Å²) in [6, 6.07) is 13.5. The van der Waals surface area contributed by atoms with Crippen LogP contribution in [0.4, 0.5) is 20.6 Å². The Morgan fingerprint density at radius 2 is 2.05 bits per heavy atom. The van der Waals surface area contributed by atoms with Crippen molar-refractivity contribution in [1.82, 2.24) is 5.32 Å². The van der Waals surface area contributed by atoms with Gasteiger partial charge in [0.05, 0.1) is 6.04 Å². The maximum atomic E-state index is 13.1. The number of nitrogens with one attached hydrogen (secondary N) is 3. The van der Waals surface area contributed by atoms with Gasteiger partial charge in [-0.25, -0.2) is 9.18 Å². The van der Waals surface area contributed by atoms with Crippen LogP contribution in [-0.2, 0) is 6.42 Å². The highest BCUT2D eigenvalue weighted by Gasteiger charge is 2.19. The van der Waals surface area contributed by atoms with Crippen LogP contribution in [0.15, 0.2) is 48.5 Å². The molecule has 0 bridgehead atoms. The second-order valence-corrected chi connectivity index (χ2v) is 5.05. The molecule has 0 saturated carbocycles. The molecule has 0 fully saturated rings. The maximum absolute atomic E-state index is 13.1. The van der Waals surface area contributed by atoms with Gasteiger partial charge in [0.25, 0.3) is 0 Å². The van der Waals surface area contributed by atoms with Gasteiger partial charge in [-0.2, -0.15) is 0 Å². The summed E-state index contributed by atoms with van der Waals surface area (Å²) in [5, 5.41) is 8.82. The number of anilines is 2. The zero-order chi connectivity index (χ0) is 14.7. The van der Waals surface area contributed by atoms with E-state index in [2.05, 4.69) is 16.0 Å². The number of rotatable bonds is 2. The molecule has 0 spiro atoms. The number of benzene rings is 2. The molecule has 0 aromatic heterocycles. The number of hydrogen-bond acceptors (Lipinski definition) is 2. The first-order chi connectivity index (χ1) is 10.2. The molecule has 3 rings (SSSR count). The van der Waals surface area contributed by atoms with E-state index in [1.54, 1.807) is 12.1 Å². The lowest BCUT2D eigenvalue weighted by atomic mass is 10.00. The van der Waals surface area contributed by atoms with E-state index in [0.29, 0.717) is 12.2 Å². The lowest BCUT2D eigenvalue weighted by molar-refractivity contribution is 0.248. The molecule has 0 saturated heterocycles. The van der Waals surface area contributed by atoms with Crippen molar-refractivity contribution in [2.24, 2.45) is 0 Å². The summed E-state index contributed by atoms with van der Waals surface area (Å²) in [6.07, 6.45) is 0.778. The van der Waals surface area contributed by atoms with Gasteiger partial charge >= 0.3 is 6.03 Å². The molecule has 5 heteroatoms. The molecule has 21 heavy (non-hydrogen) atoms. The zero-order valence-corrected chi connectivity index (χ0v) is 11.4. The van der Waals surface area contributed by atoms with Gasteiger partial charge in [0.1, 0.15) is 5.82 Å². The Kier molecular flexibility index (Phi) is 3.73. The Balaban J connectivity index is 1.59. The van der Waals surface area contributed by atoms with Crippen molar-refractivity contribution < 1.29 is 9.18 Å². The van der Waals surface area contributed by atoms with Gasteiger partial charge in [-0.1, -0.05) is 24.3 Å². The van der Waals surface area contributed by atoms with Crippen LogP contribution in [0.3, 0.4) is 0 Å². The average Bonchev–Trinajstić information content (AvgIpc) is 2.47. The normalized spacial score (nSPS) is 16.5. The topological polar surface area (TPSA) is 53.2 Å². The summed E-state index contributed by atoms with van der Waals surface area (Å²) in [6.45, 7) is 0.674. The molecule has 2 aromatic carbocycles. The molecule has 1 aliphatic heterocycles. The Morgan fingerprint density at radius 3 is 2.90 bits per heavy atom. The standard InChI is InChI=1S/C16H16FN3O/c17-12-5-3-6-13(9-12)19-16(21)20-14-8-11-4-1-2-7-15(11)18-10-14/h1-7,9,14,18H,8,10H2,(H2,19,20,21). The quantitative estimate of drug-likeness (QED) is 0.794. The van der Waals surface area contributed by atoms with E-state index in [1.165, 1.54) is 17.7 Å². The van der Waals surface area contributed by atoms with E-state index in [4.69, 9.17) is 0 Å². The fourth-order valence-electron chi connectivity index (χ4n) is 2.46. The third kappa shape index (κ3) is 3.31. The van der Waals surface area contributed by atoms with Gasteiger partial charge in [-0.3, -0.25) is 0 Å². The number of urea groups is 1. The van der Waals surface area contributed by atoms with E-state index in [9.17, 15) is 9.18 Å². The summed E-state index contributed by atoms with van der Waals surface area (Å²) in [4.78, 5) is 11.9. The molecule has 0 radical (unpaired) electrons. The molecule has 4 nitrogen and oxygen atoms in total. The van der Waals surface area contributed by atoms with Crippen LogP contribution in [0.2, 0.25) is 0 Å². The summed E-state index contributed by atoms with van der Waals surface area (Å²) in [7, 11) is 0. The van der Waals surface area contributed by atoms with Crippen molar-refractivity contribution in [3.8, 4) is 0 Å². The zero-order valence-electron chi connectivity index (χ0n) is 11.4. The van der Waals surface area contributed by atoms with Gasteiger partial charge in [0.2, 0.25) is 0 Å². The third-order valence-corrected chi connectivity index (χ3v) is 3.44. The van der Waals surface area contributed by atoms with Gasteiger partial charge in [0.15, 0.2) is 0 Å². The molecule has 2 amide bonds. The van der Waals surface area contributed by atoms with Crippen LogP contribution in [0, 0.1) is 5.82 Å². The first kappa shape index (κ1) is 13.4. The fraction of sp³-hybridized carbons (Fsp3) is 0.188. The van der Waals surface area contributed by atoms with E-state index in [1.807, 2.05) is 24.3 Å². The highest BCUT2D eigenvalue weighted by atomic mass is 19.1. The third-order valence-electron chi connectivity index (χ3n) is 3.44. The van der Waals surface area contributed by atoms with Gasteiger partial charge in [-0.15, -0.1) is 0 Å². The molecule has 1 atom stereocenters. The van der Waals surface area contributed by atoms with Gasteiger partial charge in [0, 0.05) is 17.9 Å². The van der Waals surface area contributed by atoms with Crippen LogP contribution in [0.25, 0.3) is 0 Å². The summed E-state index contributed by atoms with van der Waals surface area (Å²) in [5.74, 6) is -0.374. The molecular formula is C16H16FN3O. The first-order valence-corrected chi connectivity index (χ1v) is 6.85. The van der Waals surface area contributed by atoms with Crippen LogP contribution >= 0.6 is 0 Å². The average molecular weight is 285 g/mol. The lowest BCUT2D eigenvalue weighted by Gasteiger charge is -2.26. The van der Waals surface area contributed by atoms with Gasteiger partial charge < -0.3 is 16.0 Å². The summed E-state index contributed by atoms with van der Waals surface area (Å²) < 4.78 is 13.1. The highest BCUT2D eigenvalue weighted by Crippen LogP contribution is 2.21. The van der Waals surface area contributed by atoms with Crippen molar-refractivity contribution in [3.05, 3.63) is 59.9 Å². The Morgan fingerprint density at radius 1 is 1.19 bits per heavy atom. The number of halogens is 1. The molecule has 1 heterocycles. The van der Waals surface area contributed by atoms with Crippen molar-refractivity contribution >= 4 is 17.4 Å². The number of carbonyl (C=O) groups excluding carboxylic acids is 1. The molecule has 0 aliphatic carbocycles. The van der Waals surface area contributed by atoms with Crippen molar-refractivity contribution in [2.75, 3.05) is 17.2 Å². The molecule has 1 unspecified atom stereocenters.